The zero-order valence-corrected chi connectivity index (χ0v) is 5.57. The van der Waals surface area contributed by atoms with Crippen molar-refractivity contribution in [1.82, 2.24) is 0 Å². The molecule has 5 nitrogen and oxygen atoms in total. The third-order valence-electron chi connectivity index (χ3n) is 0.826. The van der Waals surface area contributed by atoms with Gasteiger partial charge in [0, 0.05) is 6.42 Å². The molecule has 0 aliphatic heterocycles. The van der Waals surface area contributed by atoms with Crippen molar-refractivity contribution in [2.24, 2.45) is 0 Å². The highest BCUT2D eigenvalue weighted by Crippen LogP contribution is 2.09. The smallest absolute Gasteiger partial charge is 0.450 e. The standard InChI is InChI=1S/C5H10O5/c1-2-3-5(8,9)10-4(6)7/h8-9H,2-3H2,1H3,(H,6,7). The predicted molar refractivity (Wildman–Crippen MR) is 31.2 cm³/mol. The summed E-state index contributed by atoms with van der Waals surface area (Å²) in [7, 11) is 0. The van der Waals surface area contributed by atoms with Crippen molar-refractivity contribution >= 4 is 6.16 Å². The SMILES string of the molecule is CCCC(O)(O)OC(=O)O. The van der Waals surface area contributed by atoms with E-state index in [-0.39, 0.29) is 6.42 Å². The van der Waals surface area contributed by atoms with E-state index >= 15 is 0 Å². The van der Waals surface area contributed by atoms with E-state index < -0.39 is 12.1 Å². The Bertz CT molecular complexity index is 119. The summed E-state index contributed by atoms with van der Waals surface area (Å²) >= 11 is 0. The zero-order chi connectivity index (χ0) is 8.20. The highest BCUT2D eigenvalue weighted by Gasteiger charge is 2.26. The normalized spacial score (nSPS) is 11.1. The number of rotatable bonds is 3. The van der Waals surface area contributed by atoms with Crippen LogP contribution in [-0.2, 0) is 4.74 Å². The number of ether oxygens (including phenoxy) is 1. The fourth-order valence-electron chi connectivity index (χ4n) is 0.517. The van der Waals surface area contributed by atoms with Crippen LogP contribution in [0.4, 0.5) is 4.79 Å². The summed E-state index contributed by atoms with van der Waals surface area (Å²) in [5.41, 5.74) is 0. The molecular weight excluding hydrogens is 140 g/mol. The summed E-state index contributed by atoms with van der Waals surface area (Å²) in [6, 6.07) is 0. The molecule has 0 radical (unpaired) electrons. The molecule has 5 heteroatoms. The summed E-state index contributed by atoms with van der Waals surface area (Å²) in [5, 5.41) is 25.2. The van der Waals surface area contributed by atoms with Gasteiger partial charge in [0.25, 0.3) is 0 Å². The summed E-state index contributed by atoms with van der Waals surface area (Å²) < 4.78 is 3.71. The van der Waals surface area contributed by atoms with E-state index in [1.165, 1.54) is 0 Å². The van der Waals surface area contributed by atoms with Gasteiger partial charge in [0.1, 0.15) is 0 Å². The van der Waals surface area contributed by atoms with Crippen LogP contribution in [0, 0.1) is 0 Å². The molecule has 0 heterocycles. The second-order valence-corrected chi connectivity index (χ2v) is 1.86. The van der Waals surface area contributed by atoms with Gasteiger partial charge in [-0.15, -0.1) is 0 Å². The van der Waals surface area contributed by atoms with Crippen LogP contribution in [0.3, 0.4) is 0 Å². The average molecular weight is 150 g/mol. The molecule has 0 saturated carbocycles. The van der Waals surface area contributed by atoms with Crippen molar-refractivity contribution < 1.29 is 24.9 Å². The average Bonchev–Trinajstić information content (AvgIpc) is 1.59. The molecule has 0 aliphatic rings. The first kappa shape index (κ1) is 9.19. The molecule has 60 valence electrons. The maximum atomic E-state index is 9.75. The van der Waals surface area contributed by atoms with E-state index in [2.05, 4.69) is 4.74 Å². The predicted octanol–water partition coefficient (Wildman–Crippen LogP) is 0.119. The minimum absolute atomic E-state index is 0.126. The lowest BCUT2D eigenvalue weighted by Crippen LogP contribution is -2.33. The lowest BCUT2D eigenvalue weighted by Gasteiger charge is -2.17. The first-order chi connectivity index (χ1) is 4.48. The highest BCUT2D eigenvalue weighted by atomic mass is 16.8. The molecule has 0 rings (SSSR count). The van der Waals surface area contributed by atoms with Crippen LogP contribution in [0.1, 0.15) is 19.8 Å². The van der Waals surface area contributed by atoms with Crippen LogP contribution in [0.25, 0.3) is 0 Å². The monoisotopic (exact) mass is 150 g/mol. The molecule has 0 saturated heterocycles. The summed E-state index contributed by atoms with van der Waals surface area (Å²) in [4.78, 5) is 9.75. The van der Waals surface area contributed by atoms with Gasteiger partial charge in [0.2, 0.25) is 0 Å². The van der Waals surface area contributed by atoms with Crippen molar-refractivity contribution in [1.29, 1.82) is 0 Å². The van der Waals surface area contributed by atoms with Gasteiger partial charge in [0.15, 0.2) is 0 Å². The van der Waals surface area contributed by atoms with Crippen LogP contribution in [0.15, 0.2) is 0 Å². The van der Waals surface area contributed by atoms with Gasteiger partial charge < -0.3 is 20.1 Å². The third-order valence-corrected chi connectivity index (χ3v) is 0.826. The molecular formula is C5H10O5. The molecule has 0 fully saturated rings. The van der Waals surface area contributed by atoms with E-state index in [0.29, 0.717) is 6.42 Å². The van der Waals surface area contributed by atoms with Gasteiger partial charge in [-0.05, 0) is 6.42 Å². The van der Waals surface area contributed by atoms with Crippen LogP contribution in [0.2, 0.25) is 0 Å². The maximum Gasteiger partial charge on any atom is 0.510 e. The van der Waals surface area contributed by atoms with Gasteiger partial charge >= 0.3 is 12.1 Å². The van der Waals surface area contributed by atoms with Crippen molar-refractivity contribution in [3.05, 3.63) is 0 Å². The van der Waals surface area contributed by atoms with Gasteiger partial charge in [-0.25, -0.2) is 4.79 Å². The van der Waals surface area contributed by atoms with Gasteiger partial charge in [-0.2, -0.15) is 0 Å². The number of hydrogen-bond donors (Lipinski definition) is 3. The van der Waals surface area contributed by atoms with Crippen LogP contribution >= 0.6 is 0 Å². The van der Waals surface area contributed by atoms with E-state index in [0.717, 1.165) is 0 Å². The van der Waals surface area contributed by atoms with Gasteiger partial charge in [-0.3, -0.25) is 0 Å². The molecule has 0 aromatic carbocycles. The number of carbonyl (C=O) groups is 1. The van der Waals surface area contributed by atoms with Crippen molar-refractivity contribution in [2.45, 2.75) is 25.7 Å². The fourth-order valence-corrected chi connectivity index (χ4v) is 0.517. The van der Waals surface area contributed by atoms with Crippen molar-refractivity contribution in [2.75, 3.05) is 0 Å². The van der Waals surface area contributed by atoms with Gasteiger partial charge in [-0.1, -0.05) is 6.92 Å². The Morgan fingerprint density at radius 1 is 1.60 bits per heavy atom. The minimum Gasteiger partial charge on any atom is -0.450 e. The van der Waals surface area contributed by atoms with E-state index in [1.54, 1.807) is 6.92 Å². The number of carboxylic acid groups (broad SMARTS) is 1. The molecule has 0 bridgehead atoms. The van der Waals surface area contributed by atoms with E-state index in [4.69, 9.17) is 15.3 Å². The number of hydrogen-bond acceptors (Lipinski definition) is 4. The maximum absolute atomic E-state index is 9.75. The van der Waals surface area contributed by atoms with Crippen LogP contribution in [-0.4, -0.2) is 27.4 Å². The lowest BCUT2D eigenvalue weighted by molar-refractivity contribution is -0.315. The summed E-state index contributed by atoms with van der Waals surface area (Å²) in [6.07, 6.45) is -1.39. The molecule has 0 unspecified atom stereocenters. The Kier molecular flexibility index (Phi) is 3.11. The quantitative estimate of drug-likeness (QED) is 0.393. The Balaban J connectivity index is 3.74. The van der Waals surface area contributed by atoms with Crippen molar-refractivity contribution in [3.63, 3.8) is 0 Å². The van der Waals surface area contributed by atoms with Crippen molar-refractivity contribution in [3.8, 4) is 0 Å². The Morgan fingerprint density at radius 2 is 2.10 bits per heavy atom. The second-order valence-electron chi connectivity index (χ2n) is 1.86. The Labute approximate surface area is 57.9 Å². The van der Waals surface area contributed by atoms with Gasteiger partial charge in [0.05, 0.1) is 0 Å². The highest BCUT2D eigenvalue weighted by molar-refractivity contribution is 5.57. The van der Waals surface area contributed by atoms with E-state index in [1.807, 2.05) is 0 Å². The van der Waals surface area contributed by atoms with Crippen LogP contribution in [0.5, 0.6) is 0 Å². The second kappa shape index (κ2) is 3.38. The Morgan fingerprint density at radius 3 is 2.40 bits per heavy atom. The van der Waals surface area contributed by atoms with Crippen LogP contribution < -0.4 is 0 Å². The Hall–Kier alpha value is -0.810. The largest absolute Gasteiger partial charge is 0.510 e. The first-order valence-electron chi connectivity index (χ1n) is 2.84. The van der Waals surface area contributed by atoms with E-state index in [9.17, 15) is 4.79 Å². The molecule has 0 aromatic heterocycles. The summed E-state index contributed by atoms with van der Waals surface area (Å²) in [5.74, 6) is -2.53. The summed E-state index contributed by atoms with van der Waals surface area (Å²) in [6.45, 7) is 1.67. The molecule has 0 aromatic rings. The third kappa shape index (κ3) is 4.11. The number of aliphatic hydroxyl groups is 2. The topological polar surface area (TPSA) is 87.0 Å². The molecule has 0 aliphatic carbocycles. The lowest BCUT2D eigenvalue weighted by atomic mass is 10.3. The molecule has 10 heavy (non-hydrogen) atoms. The molecule has 3 N–H and O–H groups in total. The first-order valence-corrected chi connectivity index (χ1v) is 2.84. The molecule has 0 atom stereocenters. The zero-order valence-electron chi connectivity index (χ0n) is 5.57. The minimum atomic E-state index is -2.53. The molecule has 0 spiro atoms. The fraction of sp³-hybridized carbons (Fsp3) is 0.800. The molecule has 0 amide bonds.